The number of aryl methyl sites for hydroxylation is 1. The number of para-hydroxylation sites is 1. The van der Waals surface area contributed by atoms with Crippen molar-refractivity contribution < 1.29 is 9.59 Å². The van der Waals surface area contributed by atoms with Gasteiger partial charge in [-0.25, -0.2) is 0 Å². The maximum atomic E-state index is 12.4. The van der Waals surface area contributed by atoms with Gasteiger partial charge in [-0.3, -0.25) is 14.6 Å². The van der Waals surface area contributed by atoms with Gasteiger partial charge < -0.3 is 15.6 Å². The van der Waals surface area contributed by atoms with Crippen LogP contribution in [0.25, 0.3) is 10.9 Å². The molecule has 6 nitrogen and oxygen atoms in total. The third-order valence-electron chi connectivity index (χ3n) is 3.86. The molecule has 0 spiro atoms. The SMILES string of the molecule is Cc1c(C(=O)NCCNC(=O)c2ccccn2)[nH]c2c(Cl)cccc12. The molecule has 2 aromatic heterocycles. The molecule has 3 aromatic rings. The molecular weight excluding hydrogens is 340 g/mol. The first-order chi connectivity index (χ1) is 12.1. The predicted molar refractivity (Wildman–Crippen MR) is 96.9 cm³/mol. The van der Waals surface area contributed by atoms with Gasteiger partial charge in [0, 0.05) is 24.7 Å². The smallest absolute Gasteiger partial charge is 0.269 e. The molecule has 7 heteroatoms. The van der Waals surface area contributed by atoms with Crippen LogP contribution in [-0.2, 0) is 0 Å². The van der Waals surface area contributed by atoms with Gasteiger partial charge >= 0.3 is 0 Å². The number of hydrogen-bond acceptors (Lipinski definition) is 3. The highest BCUT2D eigenvalue weighted by atomic mass is 35.5. The number of rotatable bonds is 5. The van der Waals surface area contributed by atoms with Crippen molar-refractivity contribution >= 4 is 34.3 Å². The molecule has 3 rings (SSSR count). The number of H-pyrrole nitrogens is 1. The normalized spacial score (nSPS) is 10.6. The monoisotopic (exact) mass is 356 g/mol. The highest BCUT2D eigenvalue weighted by Crippen LogP contribution is 2.27. The van der Waals surface area contributed by atoms with Gasteiger partial charge in [0.25, 0.3) is 11.8 Å². The van der Waals surface area contributed by atoms with E-state index in [1.54, 1.807) is 30.5 Å². The molecule has 2 heterocycles. The molecule has 0 aliphatic heterocycles. The highest BCUT2D eigenvalue weighted by molar-refractivity contribution is 6.35. The van der Waals surface area contributed by atoms with Gasteiger partial charge in [-0.1, -0.05) is 29.8 Å². The predicted octanol–water partition coefficient (Wildman–Crippen LogP) is 2.68. The molecule has 3 N–H and O–H groups in total. The van der Waals surface area contributed by atoms with Crippen LogP contribution in [0, 0.1) is 6.92 Å². The number of fused-ring (bicyclic) bond motifs is 1. The summed E-state index contributed by atoms with van der Waals surface area (Å²) >= 11 is 6.15. The van der Waals surface area contributed by atoms with Crippen molar-refractivity contribution in [3.05, 3.63) is 64.6 Å². The number of aromatic amines is 1. The zero-order chi connectivity index (χ0) is 17.8. The molecule has 0 aliphatic carbocycles. The van der Waals surface area contributed by atoms with E-state index in [9.17, 15) is 9.59 Å². The van der Waals surface area contributed by atoms with Crippen LogP contribution in [0.3, 0.4) is 0 Å². The average molecular weight is 357 g/mol. The molecule has 0 unspecified atom stereocenters. The quantitative estimate of drug-likeness (QED) is 0.614. The largest absolute Gasteiger partial charge is 0.349 e. The number of hydrogen-bond donors (Lipinski definition) is 3. The van der Waals surface area contributed by atoms with Gasteiger partial charge in [0.15, 0.2) is 0 Å². The molecule has 2 amide bonds. The highest BCUT2D eigenvalue weighted by Gasteiger charge is 2.15. The maximum absolute atomic E-state index is 12.4. The molecule has 0 bridgehead atoms. The van der Waals surface area contributed by atoms with Crippen molar-refractivity contribution in [1.29, 1.82) is 0 Å². The third-order valence-corrected chi connectivity index (χ3v) is 4.18. The summed E-state index contributed by atoms with van der Waals surface area (Å²) in [6.45, 7) is 2.48. The third kappa shape index (κ3) is 3.64. The van der Waals surface area contributed by atoms with E-state index in [4.69, 9.17) is 11.6 Å². The lowest BCUT2D eigenvalue weighted by Gasteiger charge is -2.06. The summed E-state index contributed by atoms with van der Waals surface area (Å²) in [5, 5.41) is 6.98. The number of pyridine rings is 1. The minimum absolute atomic E-state index is 0.239. The van der Waals surface area contributed by atoms with Crippen LogP contribution >= 0.6 is 11.6 Å². The molecule has 128 valence electrons. The van der Waals surface area contributed by atoms with Crippen LogP contribution in [0.1, 0.15) is 26.5 Å². The zero-order valence-corrected chi connectivity index (χ0v) is 14.4. The Kier molecular flexibility index (Phi) is 5.00. The van der Waals surface area contributed by atoms with E-state index in [-0.39, 0.29) is 11.8 Å². The van der Waals surface area contributed by atoms with E-state index < -0.39 is 0 Å². The fourth-order valence-electron chi connectivity index (χ4n) is 2.57. The molecule has 0 fully saturated rings. The van der Waals surface area contributed by atoms with Gasteiger partial charge in [-0.05, 0) is 30.7 Å². The Morgan fingerprint density at radius 2 is 1.84 bits per heavy atom. The summed E-state index contributed by atoms with van der Waals surface area (Å²) in [4.78, 5) is 31.2. The Morgan fingerprint density at radius 3 is 2.52 bits per heavy atom. The van der Waals surface area contributed by atoms with Gasteiger partial charge in [-0.2, -0.15) is 0 Å². The summed E-state index contributed by atoms with van der Waals surface area (Å²) < 4.78 is 0. The van der Waals surface area contributed by atoms with Crippen LogP contribution in [0.4, 0.5) is 0 Å². The molecule has 0 saturated heterocycles. The summed E-state index contributed by atoms with van der Waals surface area (Å²) in [5.41, 5.74) is 2.40. The first-order valence-corrected chi connectivity index (χ1v) is 8.20. The van der Waals surface area contributed by atoms with Crippen molar-refractivity contribution in [3.8, 4) is 0 Å². The van der Waals surface area contributed by atoms with Crippen LogP contribution in [0.15, 0.2) is 42.6 Å². The Hall–Kier alpha value is -2.86. The van der Waals surface area contributed by atoms with E-state index >= 15 is 0 Å². The molecule has 25 heavy (non-hydrogen) atoms. The Bertz CT molecular complexity index is 921. The average Bonchev–Trinajstić information content (AvgIpc) is 2.97. The molecule has 0 atom stereocenters. The van der Waals surface area contributed by atoms with Crippen LogP contribution < -0.4 is 10.6 Å². The van der Waals surface area contributed by atoms with Crippen molar-refractivity contribution in [3.63, 3.8) is 0 Å². The second-order valence-corrected chi connectivity index (χ2v) is 5.92. The molecule has 1 aromatic carbocycles. The van der Waals surface area contributed by atoms with Crippen molar-refractivity contribution in [1.82, 2.24) is 20.6 Å². The molecule has 0 aliphatic rings. The molecular formula is C18H17ClN4O2. The lowest BCUT2D eigenvalue weighted by atomic mass is 10.1. The van der Waals surface area contributed by atoms with Gasteiger partial charge in [0.2, 0.25) is 0 Å². The molecule has 0 radical (unpaired) electrons. The number of nitrogens with zero attached hydrogens (tertiary/aromatic N) is 1. The Morgan fingerprint density at radius 1 is 1.08 bits per heavy atom. The van der Waals surface area contributed by atoms with Crippen LogP contribution in [-0.4, -0.2) is 34.9 Å². The fourth-order valence-corrected chi connectivity index (χ4v) is 2.79. The number of aromatic nitrogens is 2. The topological polar surface area (TPSA) is 86.9 Å². The minimum atomic E-state index is -0.275. The second kappa shape index (κ2) is 7.36. The van der Waals surface area contributed by atoms with Crippen LogP contribution in [0.2, 0.25) is 5.02 Å². The van der Waals surface area contributed by atoms with E-state index in [0.29, 0.717) is 29.5 Å². The Labute approximate surface area is 149 Å². The second-order valence-electron chi connectivity index (χ2n) is 5.51. The summed E-state index contributed by atoms with van der Waals surface area (Å²) in [6.07, 6.45) is 1.56. The first kappa shape index (κ1) is 17.0. The van der Waals surface area contributed by atoms with Crippen molar-refractivity contribution in [2.45, 2.75) is 6.92 Å². The van der Waals surface area contributed by atoms with Crippen molar-refractivity contribution in [2.24, 2.45) is 0 Å². The van der Waals surface area contributed by atoms with Crippen molar-refractivity contribution in [2.75, 3.05) is 13.1 Å². The van der Waals surface area contributed by atoms with Crippen LogP contribution in [0.5, 0.6) is 0 Å². The number of benzene rings is 1. The summed E-state index contributed by atoms with van der Waals surface area (Å²) in [6, 6.07) is 10.6. The van der Waals surface area contributed by atoms with E-state index in [1.807, 2.05) is 19.1 Å². The lowest BCUT2D eigenvalue weighted by molar-refractivity contribution is 0.0923. The summed E-state index contributed by atoms with van der Waals surface area (Å²) in [5.74, 6) is -0.514. The lowest BCUT2D eigenvalue weighted by Crippen LogP contribution is -2.35. The first-order valence-electron chi connectivity index (χ1n) is 7.82. The van der Waals surface area contributed by atoms with E-state index in [2.05, 4.69) is 20.6 Å². The number of halogens is 1. The van der Waals surface area contributed by atoms with E-state index in [0.717, 1.165) is 16.5 Å². The van der Waals surface area contributed by atoms with E-state index in [1.165, 1.54) is 0 Å². The number of carbonyl (C=O) groups excluding carboxylic acids is 2. The number of carbonyl (C=O) groups is 2. The standard InChI is InChI=1S/C18H17ClN4O2/c1-11-12-5-4-6-13(19)16(12)23-15(11)18(25)22-10-9-21-17(24)14-7-2-3-8-20-14/h2-8,23H,9-10H2,1H3,(H,21,24)(H,22,25). The van der Waals surface area contributed by atoms with Gasteiger partial charge in [0.1, 0.15) is 11.4 Å². The number of nitrogens with one attached hydrogen (secondary N) is 3. The summed E-state index contributed by atoms with van der Waals surface area (Å²) in [7, 11) is 0. The maximum Gasteiger partial charge on any atom is 0.269 e. The zero-order valence-electron chi connectivity index (χ0n) is 13.6. The minimum Gasteiger partial charge on any atom is -0.349 e. The van der Waals surface area contributed by atoms with Gasteiger partial charge in [-0.15, -0.1) is 0 Å². The fraction of sp³-hybridized carbons (Fsp3) is 0.167. The Balaban J connectivity index is 1.57. The number of amides is 2. The van der Waals surface area contributed by atoms with Gasteiger partial charge in [0.05, 0.1) is 10.5 Å². The molecule has 0 saturated carbocycles.